The summed E-state index contributed by atoms with van der Waals surface area (Å²) in [6, 6.07) is 7.88. The molecule has 1 aliphatic rings. The first-order chi connectivity index (χ1) is 15.4. The molecular weight excluding hydrogens is 433 g/mol. The predicted octanol–water partition coefficient (Wildman–Crippen LogP) is 3.90. The van der Waals surface area contributed by atoms with Crippen molar-refractivity contribution < 1.29 is 14.3 Å². The van der Waals surface area contributed by atoms with Crippen molar-refractivity contribution in [1.82, 2.24) is 14.9 Å². The molecule has 0 radical (unpaired) electrons. The van der Waals surface area contributed by atoms with Crippen LogP contribution in [-0.2, 0) is 4.79 Å². The third kappa shape index (κ3) is 4.90. The number of carboxylic acid groups (broad SMARTS) is 1. The maximum Gasteiger partial charge on any atom is 0.306 e. The van der Waals surface area contributed by atoms with Crippen molar-refractivity contribution in [3.8, 4) is 11.8 Å². The van der Waals surface area contributed by atoms with Gasteiger partial charge >= 0.3 is 5.97 Å². The van der Waals surface area contributed by atoms with Gasteiger partial charge in [-0.3, -0.25) is 9.69 Å². The van der Waals surface area contributed by atoms with Crippen molar-refractivity contribution in [2.24, 2.45) is 5.92 Å². The standard InChI is InChI=1S/C23H21ClFN5O2/c24-18-11-16(3-4-19(18)25)29-22-17-12-20(26)15(10-21(17)27-13-28-22)2-1-7-30-8-5-14(6-9-30)23(31)32/h3-4,10-14H,5-9,26H2,(H,31,32)(H,27,28,29). The Morgan fingerprint density at radius 1 is 1.28 bits per heavy atom. The van der Waals surface area contributed by atoms with E-state index in [4.69, 9.17) is 22.4 Å². The first-order valence-corrected chi connectivity index (χ1v) is 10.5. The zero-order valence-corrected chi connectivity index (χ0v) is 17.9. The van der Waals surface area contributed by atoms with Gasteiger partial charge < -0.3 is 16.2 Å². The summed E-state index contributed by atoms with van der Waals surface area (Å²) in [5.41, 5.74) is 8.63. The van der Waals surface area contributed by atoms with Gasteiger partial charge in [0, 0.05) is 22.3 Å². The highest BCUT2D eigenvalue weighted by Gasteiger charge is 2.23. The molecule has 2 heterocycles. The molecule has 1 saturated heterocycles. The Morgan fingerprint density at radius 2 is 2.06 bits per heavy atom. The maximum absolute atomic E-state index is 13.4. The van der Waals surface area contributed by atoms with Gasteiger partial charge in [-0.15, -0.1) is 0 Å². The molecule has 1 fully saturated rings. The maximum atomic E-state index is 13.4. The normalized spacial score (nSPS) is 14.7. The summed E-state index contributed by atoms with van der Waals surface area (Å²) in [6.07, 6.45) is 2.71. The number of nitrogens with two attached hydrogens (primary N) is 1. The minimum absolute atomic E-state index is 0.0117. The molecule has 2 aromatic carbocycles. The lowest BCUT2D eigenvalue weighted by atomic mass is 9.97. The van der Waals surface area contributed by atoms with Crippen LogP contribution in [0.25, 0.3) is 10.9 Å². The number of hydrogen-bond donors (Lipinski definition) is 3. The Bertz CT molecular complexity index is 1230. The van der Waals surface area contributed by atoms with Gasteiger partial charge in [-0.2, -0.15) is 0 Å². The lowest BCUT2D eigenvalue weighted by molar-refractivity contribution is -0.143. The van der Waals surface area contributed by atoms with Crippen molar-refractivity contribution in [2.75, 3.05) is 30.7 Å². The van der Waals surface area contributed by atoms with Crippen LogP contribution >= 0.6 is 11.6 Å². The summed E-state index contributed by atoms with van der Waals surface area (Å²) < 4.78 is 13.4. The molecule has 1 aliphatic heterocycles. The number of halogens is 2. The van der Waals surface area contributed by atoms with Crippen LogP contribution < -0.4 is 11.1 Å². The van der Waals surface area contributed by atoms with E-state index in [-0.39, 0.29) is 10.9 Å². The van der Waals surface area contributed by atoms with E-state index in [1.807, 2.05) is 0 Å². The van der Waals surface area contributed by atoms with Crippen LogP contribution in [0, 0.1) is 23.6 Å². The highest BCUT2D eigenvalue weighted by molar-refractivity contribution is 6.31. The van der Waals surface area contributed by atoms with E-state index in [1.54, 1.807) is 18.2 Å². The average Bonchev–Trinajstić information content (AvgIpc) is 2.77. The number of nitrogens with one attached hydrogen (secondary N) is 1. The Kier molecular flexibility index (Phi) is 6.40. The predicted molar refractivity (Wildman–Crippen MR) is 122 cm³/mol. The fourth-order valence-electron chi connectivity index (χ4n) is 3.62. The Balaban J connectivity index is 1.50. The Labute approximate surface area is 189 Å². The van der Waals surface area contributed by atoms with Crippen molar-refractivity contribution in [2.45, 2.75) is 12.8 Å². The molecule has 7 nitrogen and oxygen atoms in total. The zero-order valence-electron chi connectivity index (χ0n) is 17.1. The van der Waals surface area contributed by atoms with Gasteiger partial charge in [-0.1, -0.05) is 23.4 Å². The fourth-order valence-corrected chi connectivity index (χ4v) is 3.80. The summed E-state index contributed by atoms with van der Waals surface area (Å²) in [5, 5.41) is 12.9. The van der Waals surface area contributed by atoms with E-state index >= 15 is 0 Å². The number of nitrogen functional groups attached to an aromatic ring is 1. The lowest BCUT2D eigenvalue weighted by Crippen LogP contribution is -2.36. The van der Waals surface area contributed by atoms with Crippen molar-refractivity contribution in [1.29, 1.82) is 0 Å². The summed E-state index contributed by atoms with van der Waals surface area (Å²) >= 11 is 5.86. The van der Waals surface area contributed by atoms with E-state index in [0.29, 0.717) is 66.1 Å². The van der Waals surface area contributed by atoms with Gasteiger partial charge in [0.1, 0.15) is 18.0 Å². The highest BCUT2D eigenvalue weighted by Crippen LogP contribution is 2.28. The lowest BCUT2D eigenvalue weighted by Gasteiger charge is -2.28. The molecule has 0 atom stereocenters. The van der Waals surface area contributed by atoms with E-state index in [0.717, 1.165) is 0 Å². The number of carbonyl (C=O) groups is 1. The summed E-state index contributed by atoms with van der Waals surface area (Å²) in [5.74, 6) is 5.26. The molecule has 4 rings (SSSR count). The van der Waals surface area contributed by atoms with Crippen LogP contribution in [0.5, 0.6) is 0 Å². The topological polar surface area (TPSA) is 104 Å². The van der Waals surface area contributed by atoms with Crippen LogP contribution in [0.15, 0.2) is 36.7 Å². The van der Waals surface area contributed by atoms with Crippen LogP contribution in [0.2, 0.25) is 5.02 Å². The number of carboxylic acids is 1. The molecule has 4 N–H and O–H groups in total. The number of piperidine rings is 1. The number of likely N-dealkylation sites (tertiary alicyclic amines) is 1. The smallest absolute Gasteiger partial charge is 0.306 e. The van der Waals surface area contributed by atoms with Gasteiger partial charge in [-0.25, -0.2) is 14.4 Å². The van der Waals surface area contributed by atoms with Gasteiger partial charge in [0.2, 0.25) is 0 Å². The summed E-state index contributed by atoms with van der Waals surface area (Å²) in [6.45, 7) is 1.98. The number of aliphatic carboxylic acids is 1. The van der Waals surface area contributed by atoms with E-state index in [1.165, 1.54) is 18.5 Å². The van der Waals surface area contributed by atoms with Gasteiger partial charge in [0.05, 0.1) is 23.0 Å². The second kappa shape index (κ2) is 9.39. The molecule has 0 saturated carbocycles. The van der Waals surface area contributed by atoms with Crippen molar-refractivity contribution >= 4 is 45.7 Å². The van der Waals surface area contributed by atoms with Gasteiger partial charge in [-0.05, 0) is 56.3 Å². The van der Waals surface area contributed by atoms with E-state index in [2.05, 4.69) is 32.0 Å². The minimum Gasteiger partial charge on any atom is -0.481 e. The van der Waals surface area contributed by atoms with Gasteiger partial charge in [0.25, 0.3) is 0 Å². The third-order valence-corrected chi connectivity index (χ3v) is 5.74. The summed E-state index contributed by atoms with van der Waals surface area (Å²) in [4.78, 5) is 21.8. The van der Waals surface area contributed by atoms with Crippen molar-refractivity contribution in [3.05, 3.63) is 53.1 Å². The molecule has 0 unspecified atom stereocenters. The molecule has 3 aromatic rings. The van der Waals surface area contributed by atoms with Gasteiger partial charge in [0.15, 0.2) is 0 Å². The van der Waals surface area contributed by atoms with Crippen LogP contribution in [0.3, 0.4) is 0 Å². The average molecular weight is 454 g/mol. The van der Waals surface area contributed by atoms with Crippen LogP contribution in [0.1, 0.15) is 18.4 Å². The first-order valence-electron chi connectivity index (χ1n) is 10.1. The first kappa shape index (κ1) is 21.8. The second-order valence-corrected chi connectivity index (χ2v) is 8.03. The molecule has 1 aromatic heterocycles. The Hall–Kier alpha value is -3.41. The van der Waals surface area contributed by atoms with Crippen molar-refractivity contribution in [3.63, 3.8) is 0 Å². The molecule has 0 spiro atoms. The number of hydrogen-bond acceptors (Lipinski definition) is 6. The number of benzene rings is 2. The molecule has 164 valence electrons. The second-order valence-electron chi connectivity index (χ2n) is 7.62. The number of fused-ring (bicyclic) bond motifs is 1. The molecule has 0 bridgehead atoms. The molecule has 9 heteroatoms. The SMILES string of the molecule is Nc1cc2c(Nc3ccc(F)c(Cl)c3)ncnc2cc1C#CCN1CCC(C(=O)O)CC1. The molecule has 0 aliphatic carbocycles. The summed E-state index contributed by atoms with van der Waals surface area (Å²) in [7, 11) is 0. The third-order valence-electron chi connectivity index (χ3n) is 5.45. The number of aromatic nitrogens is 2. The molecular formula is C23H21ClFN5O2. The fraction of sp³-hybridized carbons (Fsp3) is 0.261. The zero-order chi connectivity index (χ0) is 22.7. The number of nitrogens with zero attached hydrogens (tertiary/aromatic N) is 3. The van der Waals surface area contributed by atoms with Crippen LogP contribution in [0.4, 0.5) is 21.6 Å². The minimum atomic E-state index is -0.724. The van der Waals surface area contributed by atoms with E-state index < -0.39 is 11.8 Å². The molecule has 32 heavy (non-hydrogen) atoms. The number of anilines is 3. The largest absolute Gasteiger partial charge is 0.481 e. The quantitative estimate of drug-likeness (QED) is 0.406. The number of rotatable bonds is 4. The van der Waals surface area contributed by atoms with Crippen LogP contribution in [-0.4, -0.2) is 45.6 Å². The Morgan fingerprint density at radius 3 is 2.78 bits per heavy atom. The molecule has 0 amide bonds. The monoisotopic (exact) mass is 453 g/mol. The highest BCUT2D eigenvalue weighted by atomic mass is 35.5. The van der Waals surface area contributed by atoms with E-state index in [9.17, 15) is 9.18 Å².